The molecule has 0 bridgehead atoms. The van der Waals surface area contributed by atoms with E-state index in [1.165, 1.54) is 12.1 Å². The fraction of sp³-hybridized carbons (Fsp3) is 0.300. The summed E-state index contributed by atoms with van der Waals surface area (Å²) in [5.41, 5.74) is 0.716. The van der Waals surface area contributed by atoms with Gasteiger partial charge in [0.25, 0.3) is 0 Å². The molecule has 0 fully saturated rings. The number of fused-ring (bicyclic) bond motifs is 1. The van der Waals surface area contributed by atoms with E-state index < -0.39 is 0 Å². The Labute approximate surface area is 76.0 Å². The highest BCUT2D eigenvalue weighted by atomic mass is 19.1. The highest BCUT2D eigenvalue weighted by Gasteiger charge is 2.03. The van der Waals surface area contributed by atoms with Crippen molar-refractivity contribution in [3.8, 4) is 0 Å². The third-order valence-electron chi connectivity index (χ3n) is 2.02. The molecule has 0 aliphatic carbocycles. The largest absolute Gasteiger partial charge is 0.269 e. The monoisotopic (exact) mass is 178 g/mol. The van der Waals surface area contributed by atoms with E-state index in [1.807, 2.05) is 24.7 Å². The van der Waals surface area contributed by atoms with E-state index >= 15 is 0 Å². The number of rotatable bonds is 1. The van der Waals surface area contributed by atoms with Crippen LogP contribution in [0.1, 0.15) is 19.9 Å². The van der Waals surface area contributed by atoms with Crippen molar-refractivity contribution in [1.29, 1.82) is 0 Å². The maximum Gasteiger partial charge on any atom is 0.125 e. The van der Waals surface area contributed by atoms with Crippen LogP contribution >= 0.6 is 0 Å². The van der Waals surface area contributed by atoms with Gasteiger partial charge in [-0.25, -0.2) is 4.39 Å². The average Bonchev–Trinajstić information content (AvgIpc) is 2.46. The lowest BCUT2D eigenvalue weighted by molar-refractivity contribution is 0.537. The number of nitrogens with zero attached hydrogens (tertiary/aromatic N) is 2. The third-order valence-corrected chi connectivity index (χ3v) is 2.02. The number of benzene rings is 1. The van der Waals surface area contributed by atoms with E-state index in [4.69, 9.17) is 0 Å². The lowest BCUT2D eigenvalue weighted by Gasteiger charge is -2.02. The summed E-state index contributed by atoms with van der Waals surface area (Å²) in [5.74, 6) is -0.235. The minimum Gasteiger partial charge on any atom is -0.269 e. The first kappa shape index (κ1) is 8.23. The second-order valence-electron chi connectivity index (χ2n) is 3.41. The van der Waals surface area contributed by atoms with Crippen LogP contribution < -0.4 is 0 Å². The second kappa shape index (κ2) is 2.83. The molecule has 0 spiro atoms. The maximum atomic E-state index is 12.8. The van der Waals surface area contributed by atoms with E-state index in [-0.39, 0.29) is 5.82 Å². The summed E-state index contributed by atoms with van der Waals surface area (Å²) in [4.78, 5) is 0. The van der Waals surface area contributed by atoms with Crippen molar-refractivity contribution in [2.45, 2.75) is 19.9 Å². The SMILES string of the molecule is CC(C)n1cc2ccc(F)cc2n1. The fourth-order valence-corrected chi connectivity index (χ4v) is 1.27. The first-order valence-corrected chi connectivity index (χ1v) is 4.31. The van der Waals surface area contributed by atoms with E-state index in [9.17, 15) is 4.39 Å². The van der Waals surface area contributed by atoms with Gasteiger partial charge in [-0.3, -0.25) is 4.68 Å². The zero-order chi connectivity index (χ0) is 9.42. The number of aromatic nitrogens is 2. The van der Waals surface area contributed by atoms with E-state index in [2.05, 4.69) is 5.10 Å². The minimum absolute atomic E-state index is 0.235. The van der Waals surface area contributed by atoms with Crippen molar-refractivity contribution in [3.05, 3.63) is 30.2 Å². The molecule has 0 amide bonds. The Kier molecular flexibility index (Phi) is 1.79. The molecular formula is C10H11FN2. The second-order valence-corrected chi connectivity index (χ2v) is 3.41. The summed E-state index contributed by atoms with van der Waals surface area (Å²) in [6, 6.07) is 4.97. The maximum absolute atomic E-state index is 12.8. The highest BCUT2D eigenvalue weighted by molar-refractivity contribution is 5.77. The van der Waals surface area contributed by atoms with Crippen LogP contribution in [0.2, 0.25) is 0 Å². The van der Waals surface area contributed by atoms with Crippen molar-refractivity contribution >= 4 is 10.9 Å². The molecule has 2 aromatic rings. The van der Waals surface area contributed by atoms with Crippen LogP contribution in [-0.2, 0) is 0 Å². The summed E-state index contributed by atoms with van der Waals surface area (Å²) in [6.45, 7) is 4.09. The van der Waals surface area contributed by atoms with Crippen LogP contribution in [0.5, 0.6) is 0 Å². The third kappa shape index (κ3) is 1.41. The summed E-state index contributed by atoms with van der Waals surface area (Å²) >= 11 is 0. The molecule has 1 aromatic heterocycles. The fourth-order valence-electron chi connectivity index (χ4n) is 1.27. The van der Waals surface area contributed by atoms with Crippen molar-refractivity contribution in [1.82, 2.24) is 9.78 Å². The van der Waals surface area contributed by atoms with Gasteiger partial charge in [0, 0.05) is 23.7 Å². The normalized spacial score (nSPS) is 11.4. The van der Waals surface area contributed by atoms with Gasteiger partial charge in [0.15, 0.2) is 0 Å². The smallest absolute Gasteiger partial charge is 0.125 e. The van der Waals surface area contributed by atoms with Crippen LogP contribution in [0, 0.1) is 5.82 Å². The van der Waals surface area contributed by atoms with E-state index in [1.54, 1.807) is 6.07 Å². The summed E-state index contributed by atoms with van der Waals surface area (Å²) in [5, 5.41) is 5.23. The Hall–Kier alpha value is -1.38. The predicted octanol–water partition coefficient (Wildman–Crippen LogP) is 2.76. The molecule has 13 heavy (non-hydrogen) atoms. The molecule has 1 heterocycles. The molecule has 68 valence electrons. The van der Waals surface area contributed by atoms with Crippen LogP contribution in [0.15, 0.2) is 24.4 Å². The first-order chi connectivity index (χ1) is 6.16. The van der Waals surface area contributed by atoms with Crippen LogP contribution in [0.25, 0.3) is 10.9 Å². The number of hydrogen-bond acceptors (Lipinski definition) is 1. The molecule has 2 nitrogen and oxygen atoms in total. The Morgan fingerprint density at radius 2 is 2.15 bits per heavy atom. The van der Waals surface area contributed by atoms with Crippen molar-refractivity contribution in [2.75, 3.05) is 0 Å². The van der Waals surface area contributed by atoms with Gasteiger partial charge in [0.1, 0.15) is 5.82 Å². The molecule has 2 rings (SSSR count). The predicted molar refractivity (Wildman–Crippen MR) is 50.1 cm³/mol. The molecular weight excluding hydrogens is 167 g/mol. The van der Waals surface area contributed by atoms with Gasteiger partial charge >= 0.3 is 0 Å². The Morgan fingerprint density at radius 3 is 2.85 bits per heavy atom. The molecule has 0 radical (unpaired) electrons. The van der Waals surface area contributed by atoms with E-state index in [0.717, 1.165) is 5.39 Å². The van der Waals surface area contributed by atoms with Gasteiger partial charge in [-0.1, -0.05) is 0 Å². The van der Waals surface area contributed by atoms with Crippen molar-refractivity contribution in [3.63, 3.8) is 0 Å². The molecule has 0 N–H and O–H groups in total. The van der Waals surface area contributed by atoms with Crippen molar-refractivity contribution in [2.24, 2.45) is 0 Å². The molecule has 0 unspecified atom stereocenters. The highest BCUT2D eigenvalue weighted by Crippen LogP contribution is 2.15. The molecule has 0 aliphatic heterocycles. The lowest BCUT2D eigenvalue weighted by atomic mass is 10.2. The Balaban J connectivity index is 2.62. The first-order valence-electron chi connectivity index (χ1n) is 4.31. The van der Waals surface area contributed by atoms with Gasteiger partial charge in [-0.2, -0.15) is 5.10 Å². The standard InChI is InChI=1S/C10H11FN2/c1-7(2)13-6-8-3-4-9(11)5-10(8)12-13/h3-7H,1-2H3. The molecule has 0 atom stereocenters. The van der Waals surface area contributed by atoms with Crippen LogP contribution in [0.4, 0.5) is 4.39 Å². The average molecular weight is 178 g/mol. The lowest BCUT2D eigenvalue weighted by Crippen LogP contribution is -1.99. The minimum atomic E-state index is -0.235. The van der Waals surface area contributed by atoms with Gasteiger partial charge < -0.3 is 0 Å². The van der Waals surface area contributed by atoms with Crippen molar-refractivity contribution < 1.29 is 4.39 Å². The number of halogens is 1. The van der Waals surface area contributed by atoms with E-state index in [0.29, 0.717) is 11.6 Å². The Morgan fingerprint density at radius 1 is 1.38 bits per heavy atom. The topological polar surface area (TPSA) is 17.8 Å². The number of hydrogen-bond donors (Lipinski definition) is 0. The van der Waals surface area contributed by atoms with Gasteiger partial charge in [-0.15, -0.1) is 0 Å². The summed E-state index contributed by atoms with van der Waals surface area (Å²) in [6.07, 6.45) is 1.93. The van der Waals surface area contributed by atoms with Gasteiger partial charge in [-0.05, 0) is 26.0 Å². The summed E-state index contributed by atoms with van der Waals surface area (Å²) in [7, 11) is 0. The molecule has 0 aliphatic rings. The molecule has 1 aromatic carbocycles. The molecule has 0 saturated carbocycles. The van der Waals surface area contributed by atoms with Gasteiger partial charge in [0.05, 0.1) is 5.52 Å². The van der Waals surface area contributed by atoms with Crippen LogP contribution in [-0.4, -0.2) is 9.78 Å². The quantitative estimate of drug-likeness (QED) is 0.656. The molecule has 3 heteroatoms. The molecule has 0 saturated heterocycles. The van der Waals surface area contributed by atoms with Gasteiger partial charge in [0.2, 0.25) is 0 Å². The van der Waals surface area contributed by atoms with Crippen LogP contribution in [0.3, 0.4) is 0 Å². The zero-order valence-electron chi connectivity index (χ0n) is 7.66. The zero-order valence-corrected chi connectivity index (χ0v) is 7.66. The Bertz CT molecular complexity index is 431. The summed E-state index contributed by atoms with van der Waals surface area (Å²) < 4.78 is 14.6.